The van der Waals surface area contributed by atoms with Crippen LogP contribution in [0.1, 0.15) is 32.6 Å². The molecule has 0 aromatic rings. The van der Waals surface area contributed by atoms with Gasteiger partial charge < -0.3 is 20.3 Å². The number of carbonyl (C=O) groups is 2. The fraction of sp³-hybridized carbons (Fsp3) is 0.750. The molecule has 3 N–H and O–H groups in total. The first-order chi connectivity index (χ1) is 10.5. The molecule has 1 aliphatic carbocycles. The molecular weight excluding hydrogens is 286 g/mol. The van der Waals surface area contributed by atoms with Crippen LogP contribution in [0.2, 0.25) is 0 Å². The zero-order valence-corrected chi connectivity index (χ0v) is 12.7. The fourth-order valence-electron chi connectivity index (χ4n) is 4.31. The molecule has 0 bridgehead atoms. The van der Waals surface area contributed by atoms with E-state index in [1.807, 2.05) is 12.2 Å². The summed E-state index contributed by atoms with van der Waals surface area (Å²) in [4.78, 5) is 24.9. The van der Waals surface area contributed by atoms with Crippen LogP contribution >= 0.6 is 0 Å². The molecule has 6 heteroatoms. The highest BCUT2D eigenvalue weighted by molar-refractivity contribution is 6.02. The van der Waals surface area contributed by atoms with Crippen LogP contribution in [0.25, 0.3) is 0 Å². The molecule has 6 nitrogen and oxygen atoms in total. The molecule has 2 heterocycles. The Bertz CT molecular complexity index is 519. The summed E-state index contributed by atoms with van der Waals surface area (Å²) in [5.41, 5.74) is -2.52. The van der Waals surface area contributed by atoms with Gasteiger partial charge in [0.05, 0.1) is 12.0 Å². The highest BCUT2D eigenvalue weighted by atomic mass is 16.5. The first-order valence-electron chi connectivity index (χ1n) is 7.92. The van der Waals surface area contributed by atoms with Crippen molar-refractivity contribution in [2.45, 2.75) is 49.9 Å². The van der Waals surface area contributed by atoms with Gasteiger partial charge in [0.15, 0.2) is 11.3 Å². The molecule has 0 saturated carbocycles. The normalized spacial score (nSPS) is 42.3. The lowest BCUT2D eigenvalue weighted by molar-refractivity contribution is -0.132. The van der Waals surface area contributed by atoms with E-state index in [9.17, 15) is 19.8 Å². The van der Waals surface area contributed by atoms with Gasteiger partial charge in [-0.15, -0.1) is 0 Å². The zero-order valence-electron chi connectivity index (χ0n) is 12.7. The van der Waals surface area contributed by atoms with E-state index < -0.39 is 23.2 Å². The molecule has 0 aromatic carbocycles. The number of amides is 1. The first kappa shape index (κ1) is 15.6. The number of hydrogen-bond acceptors (Lipinski definition) is 5. The number of ether oxygens (including phenoxy) is 1. The largest absolute Gasteiger partial charge is 0.396 e. The number of aliphatic hydroxyl groups excluding tert-OH is 2. The zero-order chi connectivity index (χ0) is 16.0. The van der Waals surface area contributed by atoms with E-state index in [2.05, 4.69) is 5.32 Å². The molecular formula is C16H23NO5. The Hall–Kier alpha value is -1.24. The summed E-state index contributed by atoms with van der Waals surface area (Å²) < 4.78 is 5.70. The van der Waals surface area contributed by atoms with Crippen molar-refractivity contribution in [1.82, 2.24) is 5.32 Å². The van der Waals surface area contributed by atoms with Gasteiger partial charge in [0.2, 0.25) is 5.91 Å². The number of nitrogens with one attached hydrogen (secondary N) is 1. The van der Waals surface area contributed by atoms with Gasteiger partial charge in [-0.25, -0.2) is 0 Å². The van der Waals surface area contributed by atoms with Crippen molar-refractivity contribution in [2.75, 3.05) is 13.2 Å². The maximum Gasteiger partial charge on any atom is 0.227 e. The number of carbonyl (C=O) groups excluding carboxylic acids is 2. The molecule has 0 radical (unpaired) electrons. The number of rotatable bonds is 4. The van der Waals surface area contributed by atoms with Gasteiger partial charge in [-0.2, -0.15) is 0 Å². The molecule has 2 saturated heterocycles. The Balaban J connectivity index is 2.01. The number of hydrogen-bond donors (Lipinski definition) is 3. The predicted molar refractivity (Wildman–Crippen MR) is 77.9 cm³/mol. The number of Topliss-reactive ketones (excluding diaryl/α,β-unsaturated/α-hetero) is 1. The van der Waals surface area contributed by atoms with E-state index in [1.54, 1.807) is 6.92 Å². The fourth-order valence-corrected chi connectivity index (χ4v) is 4.31. The summed E-state index contributed by atoms with van der Waals surface area (Å²) in [6.45, 7) is 1.42. The van der Waals surface area contributed by atoms with Crippen molar-refractivity contribution in [3.05, 3.63) is 12.2 Å². The molecule has 0 aromatic heterocycles. The maximum absolute atomic E-state index is 12.6. The summed E-state index contributed by atoms with van der Waals surface area (Å²) in [7, 11) is 0. The Kier molecular flexibility index (Phi) is 3.87. The molecule has 122 valence electrons. The van der Waals surface area contributed by atoms with Gasteiger partial charge in [0.1, 0.15) is 12.2 Å². The minimum atomic E-state index is -1.41. The second-order valence-electron chi connectivity index (χ2n) is 6.65. The first-order valence-corrected chi connectivity index (χ1v) is 7.92. The molecule has 2 aliphatic heterocycles. The molecule has 5 atom stereocenters. The summed E-state index contributed by atoms with van der Waals surface area (Å²) in [6, 6.07) is 0. The quantitative estimate of drug-likeness (QED) is 0.632. The van der Waals surface area contributed by atoms with Crippen molar-refractivity contribution in [2.24, 2.45) is 11.8 Å². The SMILES string of the molecule is C[C@@]12OCC(=O)[C@]1([C@H](O)C1C=CCCC1)NC(=O)C2CCO. The number of ketones is 1. The second-order valence-corrected chi connectivity index (χ2v) is 6.65. The van der Waals surface area contributed by atoms with Gasteiger partial charge in [-0.05, 0) is 32.6 Å². The highest BCUT2D eigenvalue weighted by Gasteiger charge is 2.72. The molecule has 22 heavy (non-hydrogen) atoms. The van der Waals surface area contributed by atoms with Crippen molar-refractivity contribution < 1.29 is 24.5 Å². The molecule has 3 rings (SSSR count). The number of aliphatic hydroxyl groups is 2. The lowest BCUT2D eigenvalue weighted by Gasteiger charge is -2.42. The van der Waals surface area contributed by atoms with Crippen LogP contribution in [0.4, 0.5) is 0 Å². The van der Waals surface area contributed by atoms with Crippen molar-refractivity contribution in [3.63, 3.8) is 0 Å². The van der Waals surface area contributed by atoms with Crippen molar-refractivity contribution in [1.29, 1.82) is 0 Å². The van der Waals surface area contributed by atoms with Crippen LogP contribution in [0.15, 0.2) is 12.2 Å². The topological polar surface area (TPSA) is 95.9 Å². The standard InChI is InChI=1S/C16H23NO5/c1-15-11(7-8-18)14(21)17-16(15,12(19)9-22-15)13(20)10-5-3-2-4-6-10/h3,5,10-11,13,18,20H,2,4,6-9H2,1H3,(H,17,21)/t10?,11?,13-,15+,16-/m1/s1. The smallest absolute Gasteiger partial charge is 0.227 e. The number of allylic oxidation sites excluding steroid dienone is 1. The lowest BCUT2D eigenvalue weighted by atomic mass is 9.68. The number of fused-ring (bicyclic) bond motifs is 1. The van der Waals surface area contributed by atoms with E-state index in [0.717, 1.165) is 19.3 Å². The summed E-state index contributed by atoms with van der Waals surface area (Å²) in [5.74, 6) is -1.42. The second kappa shape index (κ2) is 5.44. The van der Waals surface area contributed by atoms with Crippen molar-refractivity contribution in [3.8, 4) is 0 Å². The summed E-state index contributed by atoms with van der Waals surface area (Å²) >= 11 is 0. The Morgan fingerprint density at radius 1 is 1.50 bits per heavy atom. The predicted octanol–water partition coefficient (Wildman–Crippen LogP) is -0.0712. The third-order valence-electron chi connectivity index (χ3n) is 5.59. The van der Waals surface area contributed by atoms with Crippen LogP contribution in [-0.2, 0) is 14.3 Å². The molecule has 2 unspecified atom stereocenters. The minimum absolute atomic E-state index is 0.119. The van der Waals surface area contributed by atoms with E-state index in [0.29, 0.717) is 0 Å². The van der Waals surface area contributed by atoms with Gasteiger partial charge >= 0.3 is 0 Å². The van der Waals surface area contributed by atoms with E-state index in [4.69, 9.17) is 4.74 Å². The third-order valence-corrected chi connectivity index (χ3v) is 5.59. The van der Waals surface area contributed by atoms with Gasteiger partial charge in [-0.3, -0.25) is 9.59 Å². The Morgan fingerprint density at radius 2 is 2.27 bits per heavy atom. The van der Waals surface area contributed by atoms with Crippen LogP contribution in [-0.4, -0.2) is 52.4 Å². The molecule has 1 amide bonds. The van der Waals surface area contributed by atoms with Gasteiger partial charge in [0, 0.05) is 12.5 Å². The Labute approximate surface area is 129 Å². The maximum atomic E-state index is 12.6. The minimum Gasteiger partial charge on any atom is -0.396 e. The molecule has 2 fully saturated rings. The van der Waals surface area contributed by atoms with E-state index in [1.165, 1.54) is 0 Å². The van der Waals surface area contributed by atoms with Crippen LogP contribution in [0.5, 0.6) is 0 Å². The Morgan fingerprint density at radius 3 is 2.91 bits per heavy atom. The van der Waals surface area contributed by atoms with Crippen LogP contribution in [0, 0.1) is 11.8 Å². The van der Waals surface area contributed by atoms with Gasteiger partial charge in [0.25, 0.3) is 0 Å². The summed E-state index contributed by atoms with van der Waals surface area (Å²) in [6.07, 6.45) is 5.84. The average molecular weight is 309 g/mol. The van der Waals surface area contributed by atoms with Crippen LogP contribution < -0.4 is 5.32 Å². The van der Waals surface area contributed by atoms with Crippen molar-refractivity contribution >= 4 is 11.7 Å². The lowest BCUT2D eigenvalue weighted by Crippen LogP contribution is -2.67. The molecule has 3 aliphatic rings. The summed E-state index contributed by atoms with van der Waals surface area (Å²) in [5, 5.41) is 22.9. The van der Waals surface area contributed by atoms with Crippen LogP contribution in [0.3, 0.4) is 0 Å². The highest BCUT2D eigenvalue weighted by Crippen LogP contribution is 2.49. The van der Waals surface area contributed by atoms with E-state index >= 15 is 0 Å². The van der Waals surface area contributed by atoms with E-state index in [-0.39, 0.29) is 37.2 Å². The molecule has 0 spiro atoms. The average Bonchev–Trinajstić information content (AvgIpc) is 2.91. The van der Waals surface area contributed by atoms with Gasteiger partial charge in [-0.1, -0.05) is 12.2 Å². The monoisotopic (exact) mass is 309 g/mol. The third kappa shape index (κ3) is 1.90.